The van der Waals surface area contributed by atoms with Crippen LogP contribution in [0.5, 0.6) is 5.75 Å². The van der Waals surface area contributed by atoms with Crippen LogP contribution in [0.4, 0.5) is 5.69 Å². The molecule has 28 heavy (non-hydrogen) atoms. The predicted molar refractivity (Wildman–Crippen MR) is 106 cm³/mol. The van der Waals surface area contributed by atoms with Crippen molar-refractivity contribution >= 4 is 27.5 Å². The third-order valence-corrected chi connectivity index (χ3v) is 4.34. The molecule has 8 heteroatoms. The number of sulfonamides is 1. The second kappa shape index (κ2) is 9.36. The predicted octanol–water partition coefficient (Wildman–Crippen LogP) is 2.81. The summed E-state index contributed by atoms with van der Waals surface area (Å²) in [6.45, 7) is 3.95. The molecule has 0 amide bonds. The fraction of sp³-hybridized carbons (Fsp3) is 0.300. The summed E-state index contributed by atoms with van der Waals surface area (Å²) in [5.74, 6) is -0.164. The van der Waals surface area contributed by atoms with Crippen molar-refractivity contribution in [3.8, 4) is 5.75 Å². The van der Waals surface area contributed by atoms with E-state index in [1.165, 1.54) is 31.2 Å². The van der Waals surface area contributed by atoms with Crippen molar-refractivity contribution in [3.05, 3.63) is 59.7 Å². The molecular formula is C20H23NO6S. The monoisotopic (exact) mass is 405 g/mol. The van der Waals surface area contributed by atoms with E-state index in [0.717, 1.165) is 17.6 Å². The summed E-state index contributed by atoms with van der Waals surface area (Å²) in [7, 11) is -3.39. The highest BCUT2D eigenvalue weighted by Crippen LogP contribution is 2.15. The van der Waals surface area contributed by atoms with Crippen LogP contribution in [0.2, 0.25) is 0 Å². The molecule has 0 bridgehead atoms. The zero-order valence-electron chi connectivity index (χ0n) is 16.0. The van der Waals surface area contributed by atoms with Gasteiger partial charge in [0.1, 0.15) is 5.75 Å². The molecule has 0 unspecified atom stereocenters. The molecule has 2 rings (SSSR count). The minimum Gasteiger partial charge on any atom is -0.494 e. The Balaban J connectivity index is 1.92. The number of ketones is 1. The second-order valence-electron chi connectivity index (χ2n) is 6.20. The Morgan fingerprint density at radius 1 is 1.04 bits per heavy atom. The highest BCUT2D eigenvalue weighted by atomic mass is 32.2. The topological polar surface area (TPSA) is 98.8 Å². The molecule has 150 valence electrons. The third-order valence-electron chi connectivity index (χ3n) is 3.73. The Hall–Kier alpha value is -2.87. The molecule has 0 saturated carbocycles. The summed E-state index contributed by atoms with van der Waals surface area (Å²) < 4.78 is 35.3. The van der Waals surface area contributed by atoms with E-state index in [-0.39, 0.29) is 12.2 Å². The molecule has 1 N–H and O–H groups in total. The van der Waals surface area contributed by atoms with Crippen molar-refractivity contribution < 1.29 is 27.5 Å². The van der Waals surface area contributed by atoms with E-state index in [9.17, 15) is 18.0 Å². The number of anilines is 1. The molecule has 0 radical (unpaired) electrons. The van der Waals surface area contributed by atoms with Crippen LogP contribution >= 0.6 is 0 Å². The summed E-state index contributed by atoms with van der Waals surface area (Å²) >= 11 is 0. The molecule has 1 atom stereocenters. The fourth-order valence-electron chi connectivity index (χ4n) is 2.48. The lowest BCUT2D eigenvalue weighted by Gasteiger charge is -2.13. The van der Waals surface area contributed by atoms with Gasteiger partial charge in [0.2, 0.25) is 15.8 Å². The van der Waals surface area contributed by atoms with Crippen LogP contribution in [0.3, 0.4) is 0 Å². The molecule has 0 aliphatic carbocycles. The van der Waals surface area contributed by atoms with Crippen LogP contribution in [-0.2, 0) is 26.0 Å². The van der Waals surface area contributed by atoms with Gasteiger partial charge >= 0.3 is 5.97 Å². The van der Waals surface area contributed by atoms with E-state index in [4.69, 9.17) is 9.47 Å². The maximum atomic E-state index is 12.4. The molecule has 7 nitrogen and oxygen atoms in total. The highest BCUT2D eigenvalue weighted by Gasteiger charge is 2.20. The van der Waals surface area contributed by atoms with Crippen molar-refractivity contribution in [1.29, 1.82) is 0 Å². The lowest BCUT2D eigenvalue weighted by molar-refractivity contribution is -0.145. The molecule has 0 spiro atoms. The summed E-state index contributed by atoms with van der Waals surface area (Å²) in [4.78, 5) is 24.5. The van der Waals surface area contributed by atoms with Crippen LogP contribution in [0.1, 0.15) is 29.8 Å². The second-order valence-corrected chi connectivity index (χ2v) is 7.95. The van der Waals surface area contributed by atoms with Crippen LogP contribution in [0, 0.1) is 0 Å². The molecule has 0 aromatic heterocycles. The standard InChI is InChI=1S/C20H23NO6S/c1-4-26-18-11-5-15(6-12-18)13-19(22)27-14(2)20(23)16-7-9-17(10-8-16)21-28(3,24)25/h5-12,14,21H,4,13H2,1-3H3/t14-/m0/s1. The van der Waals surface area contributed by atoms with E-state index < -0.39 is 22.1 Å². The first-order valence-corrected chi connectivity index (χ1v) is 10.6. The first-order valence-electron chi connectivity index (χ1n) is 8.71. The van der Waals surface area contributed by atoms with Crippen molar-refractivity contribution in [2.45, 2.75) is 26.4 Å². The normalized spacial score (nSPS) is 12.1. The summed E-state index contributed by atoms with van der Waals surface area (Å²) in [5, 5.41) is 0. The van der Waals surface area contributed by atoms with Gasteiger partial charge in [0.25, 0.3) is 0 Å². The van der Waals surface area contributed by atoms with Gasteiger partial charge in [-0.2, -0.15) is 0 Å². The van der Waals surface area contributed by atoms with Gasteiger partial charge in [0, 0.05) is 11.3 Å². The highest BCUT2D eigenvalue weighted by molar-refractivity contribution is 7.92. The largest absolute Gasteiger partial charge is 0.494 e. The molecule has 0 fully saturated rings. The lowest BCUT2D eigenvalue weighted by Crippen LogP contribution is -2.25. The number of rotatable bonds is 9. The van der Waals surface area contributed by atoms with Crippen LogP contribution in [0.15, 0.2) is 48.5 Å². The Morgan fingerprint density at radius 2 is 1.64 bits per heavy atom. The zero-order chi connectivity index (χ0) is 20.7. The van der Waals surface area contributed by atoms with E-state index in [2.05, 4.69) is 4.72 Å². The average molecular weight is 405 g/mol. The van der Waals surface area contributed by atoms with E-state index in [1.54, 1.807) is 24.3 Å². The number of ether oxygens (including phenoxy) is 2. The average Bonchev–Trinajstić information content (AvgIpc) is 2.62. The molecule has 2 aromatic carbocycles. The Kier molecular flexibility index (Phi) is 7.17. The zero-order valence-corrected chi connectivity index (χ0v) is 16.8. The van der Waals surface area contributed by atoms with Crippen molar-refractivity contribution in [1.82, 2.24) is 0 Å². The number of carbonyl (C=O) groups is 2. The number of Topliss-reactive ketones (excluding diaryl/α,β-unsaturated/α-hetero) is 1. The molecular weight excluding hydrogens is 382 g/mol. The van der Waals surface area contributed by atoms with Gasteiger partial charge in [-0.25, -0.2) is 8.42 Å². The number of nitrogens with one attached hydrogen (secondary N) is 1. The first kappa shape index (κ1) is 21.4. The van der Waals surface area contributed by atoms with Crippen molar-refractivity contribution in [3.63, 3.8) is 0 Å². The molecule has 0 aliphatic heterocycles. The number of carbonyl (C=O) groups excluding carboxylic acids is 2. The van der Waals surface area contributed by atoms with Crippen molar-refractivity contribution in [2.75, 3.05) is 17.6 Å². The van der Waals surface area contributed by atoms with Crippen LogP contribution in [-0.4, -0.2) is 39.1 Å². The van der Waals surface area contributed by atoms with Gasteiger partial charge in [-0.05, 0) is 55.8 Å². The van der Waals surface area contributed by atoms with Gasteiger partial charge in [-0.3, -0.25) is 14.3 Å². The van der Waals surface area contributed by atoms with Crippen LogP contribution in [0.25, 0.3) is 0 Å². The Bertz CT molecular complexity index is 920. The molecule has 0 saturated heterocycles. The van der Waals surface area contributed by atoms with Gasteiger partial charge in [-0.1, -0.05) is 12.1 Å². The minimum absolute atomic E-state index is 0.0429. The van der Waals surface area contributed by atoms with Crippen molar-refractivity contribution in [2.24, 2.45) is 0 Å². The lowest BCUT2D eigenvalue weighted by atomic mass is 10.1. The van der Waals surface area contributed by atoms with Gasteiger partial charge < -0.3 is 9.47 Å². The summed E-state index contributed by atoms with van der Waals surface area (Å²) in [5.41, 5.74) is 1.42. The summed E-state index contributed by atoms with van der Waals surface area (Å²) in [6, 6.07) is 13.0. The van der Waals surface area contributed by atoms with E-state index >= 15 is 0 Å². The Labute approximate surface area is 164 Å². The minimum atomic E-state index is -3.39. The SMILES string of the molecule is CCOc1ccc(CC(=O)O[C@@H](C)C(=O)c2ccc(NS(C)(=O)=O)cc2)cc1. The fourth-order valence-corrected chi connectivity index (χ4v) is 3.04. The maximum Gasteiger partial charge on any atom is 0.310 e. The molecule has 0 aliphatic rings. The van der Waals surface area contributed by atoms with Gasteiger partial charge in [-0.15, -0.1) is 0 Å². The number of hydrogen-bond acceptors (Lipinski definition) is 6. The molecule has 0 heterocycles. The van der Waals surface area contributed by atoms with Gasteiger partial charge in [0.05, 0.1) is 19.3 Å². The Morgan fingerprint density at radius 3 is 2.18 bits per heavy atom. The van der Waals surface area contributed by atoms with E-state index in [1.807, 2.05) is 6.92 Å². The van der Waals surface area contributed by atoms with E-state index in [0.29, 0.717) is 17.9 Å². The summed E-state index contributed by atoms with van der Waals surface area (Å²) in [6.07, 6.45) is 0.128. The quantitative estimate of drug-likeness (QED) is 0.509. The maximum absolute atomic E-state index is 12.4. The van der Waals surface area contributed by atoms with Gasteiger partial charge in [0.15, 0.2) is 6.10 Å². The number of hydrogen-bond donors (Lipinski definition) is 1. The molecule has 2 aromatic rings. The number of esters is 1. The smallest absolute Gasteiger partial charge is 0.310 e. The first-order chi connectivity index (χ1) is 13.2. The third kappa shape index (κ3) is 6.70. The number of benzene rings is 2. The van der Waals surface area contributed by atoms with Crippen LogP contribution < -0.4 is 9.46 Å².